The molecule has 1 aromatic rings. The van der Waals surface area contributed by atoms with Gasteiger partial charge in [0.1, 0.15) is 0 Å². The van der Waals surface area contributed by atoms with Gasteiger partial charge < -0.3 is 11.1 Å². The molecule has 0 radical (unpaired) electrons. The molecule has 110 valence electrons. The quantitative estimate of drug-likeness (QED) is 0.895. The van der Waals surface area contributed by atoms with Crippen LogP contribution in [0.4, 0.5) is 0 Å². The molecular weight excluding hydrogens is 272 g/mol. The first-order valence-electron chi connectivity index (χ1n) is 7.37. The molecule has 1 aliphatic carbocycles. The van der Waals surface area contributed by atoms with Crippen molar-refractivity contribution in [3.63, 3.8) is 0 Å². The number of benzene rings is 1. The van der Waals surface area contributed by atoms with Gasteiger partial charge in [-0.25, -0.2) is 0 Å². The molecule has 3 N–H and O–H groups in total. The first-order valence-corrected chi connectivity index (χ1v) is 7.75. The van der Waals surface area contributed by atoms with Gasteiger partial charge in [0, 0.05) is 10.9 Å². The van der Waals surface area contributed by atoms with Gasteiger partial charge in [-0.15, -0.1) is 0 Å². The molecule has 3 nitrogen and oxygen atoms in total. The molecule has 1 amide bonds. The average molecular weight is 295 g/mol. The fraction of sp³-hybridized carbons (Fsp3) is 0.562. The molecule has 2 unspecified atom stereocenters. The van der Waals surface area contributed by atoms with Crippen molar-refractivity contribution in [1.29, 1.82) is 0 Å². The summed E-state index contributed by atoms with van der Waals surface area (Å²) in [5.41, 5.74) is 6.87. The Morgan fingerprint density at radius 2 is 2.00 bits per heavy atom. The lowest BCUT2D eigenvalue weighted by Gasteiger charge is -2.30. The Hall–Kier alpha value is -1.06. The number of hydrogen-bond donors (Lipinski definition) is 2. The van der Waals surface area contributed by atoms with Crippen LogP contribution in [0.25, 0.3) is 0 Å². The van der Waals surface area contributed by atoms with Crippen LogP contribution in [0.2, 0.25) is 5.02 Å². The molecule has 2 rings (SSSR count). The fourth-order valence-electron chi connectivity index (χ4n) is 2.99. The monoisotopic (exact) mass is 294 g/mol. The van der Waals surface area contributed by atoms with E-state index >= 15 is 0 Å². The van der Waals surface area contributed by atoms with Crippen LogP contribution in [0.5, 0.6) is 0 Å². The highest BCUT2D eigenvalue weighted by atomic mass is 35.5. The van der Waals surface area contributed by atoms with Crippen LogP contribution in [0.3, 0.4) is 0 Å². The zero-order chi connectivity index (χ0) is 14.5. The predicted molar refractivity (Wildman–Crippen MR) is 82.5 cm³/mol. The highest BCUT2D eigenvalue weighted by molar-refractivity contribution is 6.30. The summed E-state index contributed by atoms with van der Waals surface area (Å²) < 4.78 is 0. The van der Waals surface area contributed by atoms with Crippen molar-refractivity contribution in [2.75, 3.05) is 6.54 Å². The van der Waals surface area contributed by atoms with E-state index in [2.05, 4.69) is 5.32 Å². The molecular formula is C16H23ClN2O. The van der Waals surface area contributed by atoms with E-state index < -0.39 is 0 Å². The van der Waals surface area contributed by atoms with Gasteiger partial charge in [0.25, 0.3) is 0 Å². The molecule has 4 heteroatoms. The number of nitrogens with one attached hydrogen (secondary N) is 1. The van der Waals surface area contributed by atoms with Gasteiger partial charge in [0.05, 0.1) is 6.04 Å². The molecule has 3 atom stereocenters. The van der Waals surface area contributed by atoms with Crippen LogP contribution in [-0.4, -0.2) is 12.5 Å². The van der Waals surface area contributed by atoms with Gasteiger partial charge in [-0.2, -0.15) is 0 Å². The third kappa shape index (κ3) is 3.74. The maximum absolute atomic E-state index is 12.4. The Balaban J connectivity index is 1.97. The Bertz CT molecular complexity index is 446. The molecule has 0 saturated heterocycles. The van der Waals surface area contributed by atoms with E-state index in [1.54, 1.807) is 0 Å². The average Bonchev–Trinajstić information content (AvgIpc) is 2.47. The summed E-state index contributed by atoms with van der Waals surface area (Å²) in [6.45, 7) is 2.61. The van der Waals surface area contributed by atoms with E-state index in [0.717, 1.165) is 24.8 Å². The lowest BCUT2D eigenvalue weighted by molar-refractivity contribution is -0.128. The molecule has 1 saturated carbocycles. The largest absolute Gasteiger partial charge is 0.349 e. The number of rotatable bonds is 4. The molecule has 0 bridgehead atoms. The van der Waals surface area contributed by atoms with Crippen LogP contribution >= 0.6 is 11.6 Å². The first-order chi connectivity index (χ1) is 9.61. The smallest absolute Gasteiger partial charge is 0.223 e. The summed E-state index contributed by atoms with van der Waals surface area (Å²) in [6.07, 6.45) is 4.35. The zero-order valence-corrected chi connectivity index (χ0v) is 12.7. The second-order valence-electron chi connectivity index (χ2n) is 5.67. The first kappa shape index (κ1) is 15.3. The number of amides is 1. The van der Waals surface area contributed by atoms with E-state index in [4.69, 9.17) is 17.3 Å². The van der Waals surface area contributed by atoms with Gasteiger partial charge in [-0.3, -0.25) is 4.79 Å². The minimum atomic E-state index is 0.000109. The number of halogens is 1. The SMILES string of the molecule is C[C@H](NC(=O)C1CCCCC1CN)c1ccc(Cl)cc1. The van der Waals surface area contributed by atoms with Gasteiger partial charge in [0.15, 0.2) is 0 Å². The minimum absolute atomic E-state index is 0.000109. The molecule has 1 aliphatic rings. The highest BCUT2D eigenvalue weighted by Gasteiger charge is 2.30. The normalized spacial score (nSPS) is 24.1. The second kappa shape index (κ2) is 7.09. The molecule has 0 spiro atoms. The van der Waals surface area contributed by atoms with Gasteiger partial charge in [-0.1, -0.05) is 36.6 Å². The zero-order valence-electron chi connectivity index (χ0n) is 11.9. The summed E-state index contributed by atoms with van der Waals surface area (Å²) in [6, 6.07) is 7.61. The summed E-state index contributed by atoms with van der Waals surface area (Å²) in [4.78, 5) is 12.4. The fourth-order valence-corrected chi connectivity index (χ4v) is 3.12. The lowest BCUT2D eigenvalue weighted by Crippen LogP contribution is -2.40. The number of nitrogens with two attached hydrogens (primary N) is 1. The highest BCUT2D eigenvalue weighted by Crippen LogP contribution is 2.30. The van der Waals surface area contributed by atoms with Gasteiger partial charge in [0.2, 0.25) is 5.91 Å². The van der Waals surface area contributed by atoms with Crippen LogP contribution in [0.1, 0.15) is 44.2 Å². The molecule has 0 aliphatic heterocycles. The summed E-state index contributed by atoms with van der Waals surface area (Å²) in [7, 11) is 0. The Labute approximate surface area is 125 Å². The maximum atomic E-state index is 12.4. The lowest BCUT2D eigenvalue weighted by atomic mass is 9.78. The Morgan fingerprint density at radius 1 is 1.35 bits per heavy atom. The Morgan fingerprint density at radius 3 is 2.65 bits per heavy atom. The van der Waals surface area contributed by atoms with Crippen LogP contribution in [0.15, 0.2) is 24.3 Å². The van der Waals surface area contributed by atoms with Crippen molar-refractivity contribution in [1.82, 2.24) is 5.32 Å². The van der Waals surface area contributed by atoms with Gasteiger partial charge in [-0.05, 0) is 49.9 Å². The molecule has 1 aromatic carbocycles. The van der Waals surface area contributed by atoms with Crippen LogP contribution in [0, 0.1) is 11.8 Å². The number of carbonyl (C=O) groups is 1. The minimum Gasteiger partial charge on any atom is -0.349 e. The van der Waals surface area contributed by atoms with Gasteiger partial charge >= 0.3 is 0 Å². The maximum Gasteiger partial charge on any atom is 0.223 e. The topological polar surface area (TPSA) is 55.1 Å². The van der Waals surface area contributed by atoms with Crippen molar-refractivity contribution in [2.45, 2.75) is 38.6 Å². The van der Waals surface area contributed by atoms with E-state index in [-0.39, 0.29) is 17.9 Å². The van der Waals surface area contributed by atoms with Crippen molar-refractivity contribution >= 4 is 17.5 Å². The predicted octanol–water partition coefficient (Wildman–Crippen LogP) is 3.28. The van der Waals surface area contributed by atoms with Crippen molar-refractivity contribution in [3.8, 4) is 0 Å². The number of carbonyl (C=O) groups excluding carboxylic acids is 1. The third-order valence-corrected chi connectivity index (χ3v) is 4.53. The van der Waals surface area contributed by atoms with Crippen molar-refractivity contribution in [3.05, 3.63) is 34.9 Å². The Kier molecular flexibility index (Phi) is 5.44. The molecule has 1 fully saturated rings. The van der Waals surface area contributed by atoms with E-state index in [0.29, 0.717) is 17.5 Å². The number of hydrogen-bond acceptors (Lipinski definition) is 2. The van der Waals surface area contributed by atoms with Crippen molar-refractivity contribution in [2.24, 2.45) is 17.6 Å². The summed E-state index contributed by atoms with van der Waals surface area (Å²) in [5, 5.41) is 3.82. The summed E-state index contributed by atoms with van der Waals surface area (Å²) in [5.74, 6) is 0.548. The van der Waals surface area contributed by atoms with Crippen LogP contribution in [-0.2, 0) is 4.79 Å². The van der Waals surface area contributed by atoms with E-state index in [9.17, 15) is 4.79 Å². The van der Waals surface area contributed by atoms with Crippen molar-refractivity contribution < 1.29 is 4.79 Å². The molecule has 0 heterocycles. The molecule has 0 aromatic heterocycles. The molecule has 20 heavy (non-hydrogen) atoms. The van der Waals surface area contributed by atoms with Crippen LogP contribution < -0.4 is 11.1 Å². The second-order valence-corrected chi connectivity index (χ2v) is 6.10. The standard InChI is InChI=1S/C16H23ClN2O/c1-11(12-6-8-14(17)9-7-12)19-16(20)15-5-3-2-4-13(15)10-18/h6-9,11,13,15H,2-5,10,18H2,1H3,(H,19,20)/t11-,13?,15?/m0/s1. The van der Waals surface area contributed by atoms with E-state index in [1.165, 1.54) is 6.42 Å². The summed E-state index contributed by atoms with van der Waals surface area (Å²) >= 11 is 5.88. The van der Waals surface area contributed by atoms with E-state index in [1.807, 2.05) is 31.2 Å². The third-order valence-electron chi connectivity index (χ3n) is 4.28.